The van der Waals surface area contributed by atoms with Crippen LogP contribution in [0.15, 0.2) is 24.3 Å². The minimum Gasteiger partial charge on any atom is -0.287 e. The third-order valence-electron chi connectivity index (χ3n) is 1.55. The van der Waals surface area contributed by atoms with Gasteiger partial charge < -0.3 is 0 Å². The van der Waals surface area contributed by atoms with E-state index in [0.717, 1.165) is 0 Å². The maximum absolute atomic E-state index is 12.9. The van der Waals surface area contributed by atoms with Crippen molar-refractivity contribution in [3.05, 3.63) is 35.6 Å². The molecule has 3 heteroatoms. The second kappa shape index (κ2) is 4.36. The van der Waals surface area contributed by atoms with E-state index in [-0.39, 0.29) is 10.5 Å². The molecule has 0 aliphatic rings. The highest BCUT2D eigenvalue weighted by Crippen LogP contribution is 2.09. The van der Waals surface area contributed by atoms with Gasteiger partial charge >= 0.3 is 0 Å². The fourth-order valence-corrected chi connectivity index (χ4v) is 1.13. The first-order valence-electron chi connectivity index (χ1n) is 3.62. The fourth-order valence-electron chi connectivity index (χ4n) is 0.934. The van der Waals surface area contributed by atoms with Crippen LogP contribution in [0.25, 0.3) is 0 Å². The van der Waals surface area contributed by atoms with E-state index in [1.807, 2.05) is 0 Å². The summed E-state index contributed by atoms with van der Waals surface area (Å²) in [5.41, 5.74) is 0.588. The van der Waals surface area contributed by atoms with Crippen LogP contribution in [0.1, 0.15) is 12.0 Å². The van der Waals surface area contributed by atoms with Gasteiger partial charge in [0.1, 0.15) is 5.82 Å². The van der Waals surface area contributed by atoms with Crippen LogP contribution in [0.5, 0.6) is 0 Å². The van der Waals surface area contributed by atoms with Gasteiger partial charge in [0.05, 0.1) is 0 Å². The number of carbonyl (C=O) groups excluding carboxylic acids is 1. The molecule has 0 saturated heterocycles. The van der Waals surface area contributed by atoms with Gasteiger partial charge in [0, 0.05) is 6.42 Å². The fraction of sp³-hybridized carbons (Fsp3) is 0.222. The highest BCUT2D eigenvalue weighted by atomic mass is 79.9. The lowest BCUT2D eigenvalue weighted by Gasteiger charge is -1.98. The first-order chi connectivity index (χ1) is 5.70. The van der Waals surface area contributed by atoms with Crippen LogP contribution in [0.3, 0.4) is 0 Å². The number of hydrogen-bond donors (Lipinski definition) is 0. The third-order valence-corrected chi connectivity index (χ3v) is 1.95. The lowest BCUT2D eigenvalue weighted by molar-refractivity contribution is -0.110. The van der Waals surface area contributed by atoms with E-state index >= 15 is 0 Å². The third kappa shape index (κ3) is 2.74. The summed E-state index contributed by atoms with van der Waals surface area (Å²) in [5, 5.41) is 0. The van der Waals surface area contributed by atoms with Gasteiger partial charge in [-0.25, -0.2) is 4.39 Å². The molecule has 0 radical (unpaired) electrons. The van der Waals surface area contributed by atoms with E-state index in [9.17, 15) is 9.18 Å². The zero-order valence-corrected chi connectivity index (χ0v) is 7.97. The van der Waals surface area contributed by atoms with E-state index in [2.05, 4.69) is 15.9 Å². The van der Waals surface area contributed by atoms with Gasteiger partial charge in [0.25, 0.3) is 0 Å². The van der Waals surface area contributed by atoms with Crippen LogP contribution >= 0.6 is 15.9 Å². The van der Waals surface area contributed by atoms with Gasteiger partial charge in [0.2, 0.25) is 0 Å². The highest BCUT2D eigenvalue weighted by Gasteiger charge is 2.02. The van der Waals surface area contributed by atoms with Crippen molar-refractivity contribution in [1.82, 2.24) is 0 Å². The van der Waals surface area contributed by atoms with E-state index in [4.69, 9.17) is 0 Å². The highest BCUT2D eigenvalue weighted by molar-refractivity contribution is 9.18. The Morgan fingerprint density at radius 3 is 2.67 bits per heavy atom. The second-order valence-corrected chi connectivity index (χ2v) is 3.33. The molecule has 12 heavy (non-hydrogen) atoms. The molecule has 0 bridgehead atoms. The van der Waals surface area contributed by atoms with Crippen LogP contribution in [-0.4, -0.2) is 4.69 Å². The second-order valence-electron chi connectivity index (χ2n) is 2.45. The molecule has 1 rings (SSSR count). The van der Waals surface area contributed by atoms with Crippen molar-refractivity contribution in [3.8, 4) is 0 Å². The summed E-state index contributed by atoms with van der Waals surface area (Å²) in [4.78, 5) is 10.5. The van der Waals surface area contributed by atoms with Gasteiger partial charge in [-0.15, -0.1) is 0 Å². The summed E-state index contributed by atoms with van der Waals surface area (Å²) in [5.74, 6) is -0.244. The maximum Gasteiger partial charge on any atom is 0.198 e. The van der Waals surface area contributed by atoms with Gasteiger partial charge in [-0.3, -0.25) is 4.79 Å². The maximum atomic E-state index is 12.9. The molecule has 64 valence electrons. The topological polar surface area (TPSA) is 17.1 Å². The van der Waals surface area contributed by atoms with Crippen LogP contribution in [0.4, 0.5) is 4.39 Å². The quantitative estimate of drug-likeness (QED) is 0.731. The van der Waals surface area contributed by atoms with Crippen molar-refractivity contribution < 1.29 is 9.18 Å². The molecule has 0 unspecified atom stereocenters. The molecular weight excluding hydrogens is 223 g/mol. The van der Waals surface area contributed by atoms with Crippen molar-refractivity contribution in [2.24, 2.45) is 0 Å². The molecule has 0 spiro atoms. The lowest BCUT2D eigenvalue weighted by atomic mass is 10.1. The number of hydrogen-bond acceptors (Lipinski definition) is 1. The molecule has 0 aliphatic heterocycles. The summed E-state index contributed by atoms with van der Waals surface area (Å²) >= 11 is 2.80. The van der Waals surface area contributed by atoms with Gasteiger partial charge in [0.15, 0.2) is 4.69 Å². The van der Waals surface area contributed by atoms with Gasteiger partial charge in [-0.2, -0.15) is 0 Å². The van der Waals surface area contributed by atoms with E-state index in [1.54, 1.807) is 18.2 Å². The SMILES string of the molecule is O=C(Br)CCc1ccccc1F. The van der Waals surface area contributed by atoms with Crippen molar-refractivity contribution in [3.63, 3.8) is 0 Å². The molecule has 0 N–H and O–H groups in total. The zero-order chi connectivity index (χ0) is 8.97. The normalized spacial score (nSPS) is 9.83. The Bertz CT molecular complexity index is 286. The molecule has 0 fully saturated rings. The van der Waals surface area contributed by atoms with E-state index < -0.39 is 0 Å². The standard InChI is InChI=1S/C9H8BrFO/c10-9(12)6-5-7-3-1-2-4-8(7)11/h1-4H,5-6H2. The molecule has 1 aromatic rings. The number of rotatable bonds is 3. The lowest BCUT2D eigenvalue weighted by Crippen LogP contribution is -1.93. The zero-order valence-electron chi connectivity index (χ0n) is 6.39. The van der Waals surface area contributed by atoms with E-state index in [0.29, 0.717) is 18.4 Å². The summed E-state index contributed by atoms with van der Waals surface area (Å²) < 4.78 is 12.8. The van der Waals surface area contributed by atoms with Crippen molar-refractivity contribution >= 4 is 20.6 Å². The minimum absolute atomic E-state index is 0.0919. The van der Waals surface area contributed by atoms with Crippen LogP contribution in [0, 0.1) is 5.82 Å². The average Bonchev–Trinajstić information content (AvgIpc) is 2.03. The monoisotopic (exact) mass is 230 g/mol. The molecule has 0 aliphatic carbocycles. The van der Waals surface area contributed by atoms with Gasteiger partial charge in [-0.1, -0.05) is 18.2 Å². The Hall–Kier alpha value is -0.700. The van der Waals surface area contributed by atoms with Gasteiger partial charge in [-0.05, 0) is 34.0 Å². The number of aryl methyl sites for hydroxylation is 1. The molecule has 0 heterocycles. The predicted molar refractivity (Wildman–Crippen MR) is 48.7 cm³/mol. The van der Waals surface area contributed by atoms with Crippen molar-refractivity contribution in [2.75, 3.05) is 0 Å². The van der Waals surface area contributed by atoms with Crippen molar-refractivity contribution in [1.29, 1.82) is 0 Å². The first-order valence-corrected chi connectivity index (χ1v) is 4.41. The summed E-state index contributed by atoms with van der Waals surface area (Å²) in [7, 11) is 0. The average molecular weight is 231 g/mol. The smallest absolute Gasteiger partial charge is 0.198 e. The molecule has 0 saturated carbocycles. The minimum atomic E-state index is -0.244. The molecule has 0 aromatic heterocycles. The van der Waals surface area contributed by atoms with Crippen LogP contribution in [0.2, 0.25) is 0 Å². The summed E-state index contributed by atoms with van der Waals surface area (Å²) in [6.07, 6.45) is 0.789. The molecule has 0 amide bonds. The Kier molecular flexibility index (Phi) is 3.41. The number of carbonyl (C=O) groups is 1. The first kappa shape index (κ1) is 9.39. The Labute approximate surface area is 78.7 Å². The largest absolute Gasteiger partial charge is 0.287 e. The molecular formula is C9H8BrFO. The summed E-state index contributed by atoms with van der Waals surface area (Å²) in [6.45, 7) is 0. The van der Waals surface area contributed by atoms with Crippen LogP contribution < -0.4 is 0 Å². The van der Waals surface area contributed by atoms with E-state index in [1.165, 1.54) is 6.07 Å². The Balaban J connectivity index is 2.63. The Morgan fingerprint density at radius 1 is 1.42 bits per heavy atom. The summed E-state index contributed by atoms with van der Waals surface area (Å²) in [6, 6.07) is 6.48. The molecule has 1 nitrogen and oxygen atoms in total. The van der Waals surface area contributed by atoms with Crippen molar-refractivity contribution in [2.45, 2.75) is 12.8 Å². The predicted octanol–water partition coefficient (Wildman–Crippen LogP) is 2.68. The number of halogens is 2. The molecule has 1 aromatic carbocycles. The number of benzene rings is 1. The molecule has 0 atom stereocenters. The van der Waals surface area contributed by atoms with Crippen LogP contribution in [-0.2, 0) is 11.2 Å². The Morgan fingerprint density at radius 2 is 2.08 bits per heavy atom.